The SMILES string of the molecule is CC(C)=C[C@@H]1[C@@H](C(=O)Nc2cccc(Cn3nc4ccccn4c3=O)c2)C1(C)C. The molecule has 6 nitrogen and oxygen atoms in total. The number of hydrogen-bond donors (Lipinski definition) is 1. The van der Waals surface area contributed by atoms with Crippen molar-refractivity contribution < 1.29 is 4.79 Å². The quantitative estimate of drug-likeness (QED) is 0.675. The number of pyridine rings is 1. The van der Waals surface area contributed by atoms with Crippen LogP contribution in [0.1, 0.15) is 33.3 Å². The van der Waals surface area contributed by atoms with Crippen molar-refractivity contribution in [2.75, 3.05) is 5.32 Å². The lowest BCUT2D eigenvalue weighted by atomic mass is 10.1. The van der Waals surface area contributed by atoms with Gasteiger partial charge in [-0.1, -0.05) is 43.7 Å². The van der Waals surface area contributed by atoms with Crippen molar-refractivity contribution in [1.82, 2.24) is 14.2 Å². The molecule has 3 aromatic rings. The molecule has 1 fully saturated rings. The van der Waals surface area contributed by atoms with Crippen molar-refractivity contribution in [3.63, 3.8) is 0 Å². The largest absolute Gasteiger partial charge is 0.350 e. The molecule has 4 rings (SSSR count). The first kappa shape index (κ1) is 19.2. The van der Waals surface area contributed by atoms with Crippen LogP contribution < -0.4 is 11.0 Å². The fraction of sp³-hybridized carbons (Fsp3) is 0.348. The molecule has 0 unspecified atom stereocenters. The number of aromatic nitrogens is 3. The van der Waals surface area contributed by atoms with E-state index in [0.29, 0.717) is 12.2 Å². The molecule has 1 aliphatic rings. The lowest BCUT2D eigenvalue weighted by Crippen LogP contribution is -2.21. The molecule has 0 spiro atoms. The summed E-state index contributed by atoms with van der Waals surface area (Å²) >= 11 is 0. The molecule has 2 aromatic heterocycles. The molecule has 2 atom stereocenters. The van der Waals surface area contributed by atoms with Crippen LogP contribution in [0.3, 0.4) is 0 Å². The van der Waals surface area contributed by atoms with Crippen LogP contribution in [-0.2, 0) is 11.3 Å². The third-order valence-corrected chi connectivity index (χ3v) is 5.72. The van der Waals surface area contributed by atoms with Crippen LogP contribution in [0.4, 0.5) is 5.69 Å². The zero-order valence-corrected chi connectivity index (χ0v) is 17.2. The number of nitrogens with one attached hydrogen (secondary N) is 1. The van der Waals surface area contributed by atoms with E-state index in [1.165, 1.54) is 14.7 Å². The van der Waals surface area contributed by atoms with Gasteiger partial charge in [0.1, 0.15) is 0 Å². The van der Waals surface area contributed by atoms with Gasteiger partial charge in [-0.25, -0.2) is 9.48 Å². The van der Waals surface area contributed by atoms with Crippen molar-refractivity contribution >= 4 is 17.2 Å². The standard InChI is InChI=1S/C23H26N4O2/c1-15(2)12-18-20(23(18,3)4)21(28)24-17-9-7-8-16(13-17)14-27-22(29)26-11-6-5-10-19(26)25-27/h5-13,18,20H,14H2,1-4H3,(H,24,28)/t18-,20+/m1/s1. The second-order valence-electron chi connectivity index (χ2n) is 8.63. The molecular weight excluding hydrogens is 364 g/mol. The van der Waals surface area contributed by atoms with E-state index in [0.717, 1.165) is 11.3 Å². The minimum Gasteiger partial charge on any atom is -0.326 e. The number of nitrogens with zero attached hydrogens (tertiary/aromatic N) is 3. The second kappa shape index (κ2) is 7.03. The maximum atomic E-state index is 12.8. The zero-order valence-electron chi connectivity index (χ0n) is 17.2. The van der Waals surface area contributed by atoms with Gasteiger partial charge < -0.3 is 5.32 Å². The number of benzene rings is 1. The summed E-state index contributed by atoms with van der Waals surface area (Å²) in [7, 11) is 0. The number of rotatable bonds is 5. The van der Waals surface area contributed by atoms with Gasteiger partial charge in [0.15, 0.2) is 5.65 Å². The van der Waals surface area contributed by atoms with Crippen molar-refractivity contribution in [1.29, 1.82) is 0 Å². The summed E-state index contributed by atoms with van der Waals surface area (Å²) in [5.74, 6) is 0.286. The molecule has 1 aromatic carbocycles. The van der Waals surface area contributed by atoms with Crippen LogP contribution in [0.2, 0.25) is 0 Å². The molecule has 150 valence electrons. The van der Waals surface area contributed by atoms with E-state index in [9.17, 15) is 9.59 Å². The number of carbonyl (C=O) groups is 1. The highest BCUT2D eigenvalue weighted by Gasteiger charge is 2.60. The Bertz CT molecular complexity index is 1160. The number of allylic oxidation sites excluding steroid dienone is 2. The maximum Gasteiger partial charge on any atom is 0.350 e. The Balaban J connectivity index is 1.51. The molecule has 1 amide bonds. The van der Waals surface area contributed by atoms with Gasteiger partial charge in [0, 0.05) is 11.9 Å². The first-order valence-electron chi connectivity index (χ1n) is 9.86. The zero-order chi connectivity index (χ0) is 20.8. The minimum absolute atomic E-state index is 0.0250. The van der Waals surface area contributed by atoms with E-state index in [1.807, 2.05) is 30.3 Å². The monoisotopic (exact) mass is 390 g/mol. The number of carbonyl (C=O) groups excluding carboxylic acids is 1. The normalized spacial score (nSPS) is 19.7. The smallest absolute Gasteiger partial charge is 0.326 e. The molecular formula is C23H26N4O2. The van der Waals surface area contributed by atoms with Gasteiger partial charge >= 0.3 is 5.69 Å². The molecule has 0 bridgehead atoms. The van der Waals surface area contributed by atoms with Crippen LogP contribution in [0, 0.1) is 17.3 Å². The summed E-state index contributed by atoms with van der Waals surface area (Å²) in [4.78, 5) is 25.3. The predicted molar refractivity (Wildman–Crippen MR) is 114 cm³/mol. The molecule has 0 radical (unpaired) electrons. The highest BCUT2D eigenvalue weighted by atomic mass is 16.2. The van der Waals surface area contributed by atoms with E-state index in [-0.39, 0.29) is 28.8 Å². The molecule has 29 heavy (non-hydrogen) atoms. The van der Waals surface area contributed by atoms with E-state index in [2.05, 4.69) is 44.2 Å². The molecule has 1 saturated carbocycles. The van der Waals surface area contributed by atoms with Gasteiger partial charge in [-0.15, -0.1) is 5.10 Å². The van der Waals surface area contributed by atoms with Crippen molar-refractivity contribution in [2.24, 2.45) is 17.3 Å². The Morgan fingerprint density at radius 2 is 2.00 bits per heavy atom. The lowest BCUT2D eigenvalue weighted by molar-refractivity contribution is -0.118. The Morgan fingerprint density at radius 1 is 1.21 bits per heavy atom. The van der Waals surface area contributed by atoms with Crippen molar-refractivity contribution in [2.45, 2.75) is 34.2 Å². The summed E-state index contributed by atoms with van der Waals surface area (Å²) in [6, 6.07) is 13.0. The Morgan fingerprint density at radius 3 is 2.72 bits per heavy atom. The molecule has 6 heteroatoms. The van der Waals surface area contributed by atoms with Gasteiger partial charge in [0.05, 0.1) is 12.5 Å². The fourth-order valence-corrected chi connectivity index (χ4v) is 4.06. The van der Waals surface area contributed by atoms with Crippen LogP contribution in [0.15, 0.2) is 65.1 Å². The third-order valence-electron chi connectivity index (χ3n) is 5.72. The molecule has 2 heterocycles. The number of anilines is 1. The van der Waals surface area contributed by atoms with Gasteiger partial charge in [0.2, 0.25) is 5.91 Å². The Labute approximate surface area is 169 Å². The maximum absolute atomic E-state index is 12.8. The van der Waals surface area contributed by atoms with Crippen LogP contribution >= 0.6 is 0 Å². The van der Waals surface area contributed by atoms with Gasteiger partial charge in [-0.3, -0.25) is 9.20 Å². The average molecular weight is 390 g/mol. The topological polar surface area (TPSA) is 68.4 Å². The minimum atomic E-state index is -0.181. The van der Waals surface area contributed by atoms with Gasteiger partial charge in [-0.2, -0.15) is 0 Å². The summed E-state index contributed by atoms with van der Waals surface area (Å²) in [5, 5.41) is 7.42. The van der Waals surface area contributed by atoms with Crippen molar-refractivity contribution in [3.8, 4) is 0 Å². The molecule has 1 aliphatic carbocycles. The number of fused-ring (bicyclic) bond motifs is 1. The van der Waals surface area contributed by atoms with Gasteiger partial charge in [0.25, 0.3) is 0 Å². The van der Waals surface area contributed by atoms with Gasteiger partial charge in [-0.05, 0) is 55.0 Å². The molecule has 1 N–H and O–H groups in total. The summed E-state index contributed by atoms with van der Waals surface area (Å²) in [6.07, 6.45) is 3.90. The first-order chi connectivity index (χ1) is 13.8. The fourth-order valence-electron chi connectivity index (χ4n) is 4.06. The Hall–Kier alpha value is -3.15. The number of amides is 1. The van der Waals surface area contributed by atoms with Crippen LogP contribution in [-0.4, -0.2) is 20.1 Å². The number of hydrogen-bond acceptors (Lipinski definition) is 3. The van der Waals surface area contributed by atoms with Crippen LogP contribution in [0.25, 0.3) is 5.65 Å². The summed E-state index contributed by atoms with van der Waals surface area (Å²) in [5.41, 5.74) is 3.29. The van der Waals surface area contributed by atoms with E-state index >= 15 is 0 Å². The first-order valence-corrected chi connectivity index (χ1v) is 9.86. The predicted octanol–water partition coefficient (Wildman–Crippen LogP) is 3.72. The highest BCUT2D eigenvalue weighted by molar-refractivity contribution is 5.95. The van der Waals surface area contributed by atoms with E-state index in [4.69, 9.17) is 0 Å². The highest BCUT2D eigenvalue weighted by Crippen LogP contribution is 2.59. The second-order valence-corrected chi connectivity index (χ2v) is 8.63. The average Bonchev–Trinajstić information content (AvgIpc) is 3.04. The molecule has 0 saturated heterocycles. The van der Waals surface area contributed by atoms with Crippen molar-refractivity contribution in [3.05, 3.63) is 76.4 Å². The lowest BCUT2D eigenvalue weighted by Gasteiger charge is -2.08. The summed E-state index contributed by atoms with van der Waals surface area (Å²) in [6.45, 7) is 8.74. The molecule has 0 aliphatic heterocycles. The third kappa shape index (κ3) is 3.62. The Kier molecular flexibility index (Phi) is 4.65. The van der Waals surface area contributed by atoms with E-state index < -0.39 is 0 Å². The van der Waals surface area contributed by atoms with Crippen LogP contribution in [0.5, 0.6) is 0 Å². The summed E-state index contributed by atoms with van der Waals surface area (Å²) < 4.78 is 2.95. The van der Waals surface area contributed by atoms with E-state index in [1.54, 1.807) is 18.3 Å².